The van der Waals surface area contributed by atoms with Gasteiger partial charge in [0.05, 0.1) is 16.3 Å². The zero-order valence-corrected chi connectivity index (χ0v) is 15.2. The molecule has 2 aromatic carbocycles. The fraction of sp³-hybridized carbons (Fsp3) is 0.150. The number of hydrogen-bond acceptors (Lipinski definition) is 3. The minimum Gasteiger partial charge on any atom is -0.479 e. The van der Waals surface area contributed by atoms with E-state index in [4.69, 9.17) is 16.3 Å². The van der Waals surface area contributed by atoms with E-state index in [1.54, 1.807) is 35.5 Å². The standard InChI is InChI=1S/C20H16ClNO2S/c1-22-17-10-4-2-8-15(17)19(14-20(22)23)25-13-7-6-12-24-18-11-5-3-9-16(18)21/h2-5,8-11,14H,12-13H2,1H3. The van der Waals surface area contributed by atoms with E-state index in [1.807, 2.05) is 42.5 Å². The predicted molar refractivity (Wildman–Crippen MR) is 105 cm³/mol. The summed E-state index contributed by atoms with van der Waals surface area (Å²) in [7, 11) is 1.78. The molecule has 5 heteroatoms. The number of rotatable bonds is 4. The number of benzene rings is 2. The van der Waals surface area contributed by atoms with E-state index >= 15 is 0 Å². The number of pyridine rings is 1. The van der Waals surface area contributed by atoms with Gasteiger partial charge in [-0.25, -0.2) is 0 Å². The van der Waals surface area contributed by atoms with Crippen molar-refractivity contribution in [3.8, 4) is 17.6 Å². The molecule has 0 radical (unpaired) electrons. The van der Waals surface area contributed by atoms with Crippen molar-refractivity contribution in [2.45, 2.75) is 4.90 Å². The summed E-state index contributed by atoms with van der Waals surface area (Å²) in [6, 6.07) is 16.8. The normalized spacial score (nSPS) is 10.3. The second-order valence-corrected chi connectivity index (χ2v) is 6.71. The molecule has 0 unspecified atom stereocenters. The molecular formula is C20H16ClNO2S. The van der Waals surface area contributed by atoms with Crippen molar-refractivity contribution in [1.29, 1.82) is 0 Å². The number of hydrogen-bond donors (Lipinski definition) is 0. The van der Waals surface area contributed by atoms with Gasteiger partial charge in [0.25, 0.3) is 5.56 Å². The summed E-state index contributed by atoms with van der Waals surface area (Å²) in [5.41, 5.74) is 0.906. The highest BCUT2D eigenvalue weighted by Crippen LogP contribution is 2.25. The molecule has 126 valence electrons. The summed E-state index contributed by atoms with van der Waals surface area (Å²) in [6.45, 7) is 0.279. The van der Waals surface area contributed by atoms with E-state index in [2.05, 4.69) is 11.8 Å². The van der Waals surface area contributed by atoms with Crippen molar-refractivity contribution in [1.82, 2.24) is 4.57 Å². The van der Waals surface area contributed by atoms with Crippen LogP contribution in [0.3, 0.4) is 0 Å². The molecule has 0 aliphatic heterocycles. The SMILES string of the molecule is Cn1c(=O)cc(SCC#CCOc2ccccc2Cl)c2ccccc21. The van der Waals surface area contributed by atoms with Crippen molar-refractivity contribution in [3.63, 3.8) is 0 Å². The second-order valence-electron chi connectivity index (χ2n) is 5.28. The fourth-order valence-electron chi connectivity index (χ4n) is 2.39. The number of thioether (sulfide) groups is 1. The van der Waals surface area contributed by atoms with Gasteiger partial charge in [-0.05, 0) is 18.2 Å². The zero-order valence-electron chi connectivity index (χ0n) is 13.7. The summed E-state index contributed by atoms with van der Waals surface area (Å²) in [4.78, 5) is 13.0. The Morgan fingerprint density at radius 1 is 1.12 bits per heavy atom. The topological polar surface area (TPSA) is 31.2 Å². The minimum atomic E-state index is -0.0174. The van der Waals surface area contributed by atoms with Crippen molar-refractivity contribution in [3.05, 3.63) is 70.0 Å². The maximum absolute atomic E-state index is 12.1. The third kappa shape index (κ3) is 4.19. The quantitative estimate of drug-likeness (QED) is 0.505. The Morgan fingerprint density at radius 2 is 1.88 bits per heavy atom. The number of ether oxygens (including phenoxy) is 1. The number of aromatic nitrogens is 1. The Bertz CT molecular complexity index is 1020. The molecule has 0 spiro atoms. The predicted octanol–water partition coefficient (Wildman–Crippen LogP) is 4.37. The van der Waals surface area contributed by atoms with Crippen LogP contribution in [-0.4, -0.2) is 16.9 Å². The average Bonchev–Trinajstić information content (AvgIpc) is 2.63. The van der Waals surface area contributed by atoms with Gasteiger partial charge < -0.3 is 9.30 Å². The van der Waals surface area contributed by atoms with Gasteiger partial charge in [-0.15, -0.1) is 11.8 Å². The van der Waals surface area contributed by atoms with Crippen LogP contribution < -0.4 is 10.3 Å². The molecular weight excluding hydrogens is 354 g/mol. The van der Waals surface area contributed by atoms with E-state index in [0.717, 1.165) is 15.8 Å². The maximum atomic E-state index is 12.1. The highest BCUT2D eigenvalue weighted by Gasteiger charge is 2.05. The molecule has 0 amide bonds. The molecule has 0 fully saturated rings. The molecule has 0 aliphatic rings. The molecule has 1 aromatic heterocycles. The van der Waals surface area contributed by atoms with Crippen molar-refractivity contribution in [2.24, 2.45) is 7.05 Å². The molecule has 0 N–H and O–H groups in total. The number of para-hydroxylation sites is 2. The van der Waals surface area contributed by atoms with E-state index in [-0.39, 0.29) is 12.2 Å². The molecule has 0 saturated heterocycles. The smallest absolute Gasteiger partial charge is 0.251 e. The number of fused-ring (bicyclic) bond motifs is 1. The van der Waals surface area contributed by atoms with Gasteiger partial charge in [0.1, 0.15) is 12.4 Å². The Labute approximate surface area is 155 Å². The lowest BCUT2D eigenvalue weighted by Crippen LogP contribution is -2.16. The van der Waals surface area contributed by atoms with Crippen molar-refractivity contribution >= 4 is 34.3 Å². The molecule has 3 rings (SSSR count). The molecule has 0 aliphatic carbocycles. The van der Waals surface area contributed by atoms with Gasteiger partial charge in [0, 0.05) is 23.4 Å². The highest BCUT2D eigenvalue weighted by molar-refractivity contribution is 7.99. The molecule has 1 heterocycles. The Morgan fingerprint density at radius 3 is 2.72 bits per heavy atom. The lowest BCUT2D eigenvalue weighted by atomic mass is 10.2. The first-order valence-corrected chi connectivity index (χ1v) is 9.08. The van der Waals surface area contributed by atoms with Crippen LogP contribution in [0.5, 0.6) is 5.75 Å². The molecule has 0 atom stereocenters. The minimum absolute atomic E-state index is 0.0174. The zero-order chi connectivity index (χ0) is 17.6. The van der Waals surface area contributed by atoms with Gasteiger partial charge in [-0.3, -0.25) is 4.79 Å². The van der Waals surface area contributed by atoms with Crippen LogP contribution in [-0.2, 0) is 7.05 Å². The third-order valence-electron chi connectivity index (χ3n) is 3.68. The van der Waals surface area contributed by atoms with Gasteiger partial charge in [0.2, 0.25) is 0 Å². The fourth-order valence-corrected chi connectivity index (χ4v) is 3.42. The summed E-state index contributed by atoms with van der Waals surface area (Å²) in [5.74, 6) is 7.24. The first-order valence-electron chi connectivity index (χ1n) is 7.71. The van der Waals surface area contributed by atoms with Crippen LogP contribution in [0.4, 0.5) is 0 Å². The Kier molecular flexibility index (Phi) is 5.70. The van der Waals surface area contributed by atoms with Crippen molar-refractivity contribution < 1.29 is 4.74 Å². The van der Waals surface area contributed by atoms with Crippen LogP contribution in [0, 0.1) is 11.8 Å². The lowest BCUT2D eigenvalue weighted by molar-refractivity contribution is 0.370. The Hall–Kier alpha value is -2.35. The van der Waals surface area contributed by atoms with Crippen molar-refractivity contribution in [2.75, 3.05) is 12.4 Å². The first-order chi connectivity index (χ1) is 12.2. The number of nitrogens with zero attached hydrogens (tertiary/aromatic N) is 1. The van der Waals surface area contributed by atoms with Gasteiger partial charge in [-0.2, -0.15) is 0 Å². The van der Waals surface area contributed by atoms with E-state index in [9.17, 15) is 4.79 Å². The summed E-state index contributed by atoms with van der Waals surface area (Å²) < 4.78 is 7.18. The second kappa shape index (κ2) is 8.15. The van der Waals surface area contributed by atoms with Gasteiger partial charge in [-0.1, -0.05) is 53.8 Å². The molecule has 3 nitrogen and oxygen atoms in total. The monoisotopic (exact) mass is 369 g/mol. The van der Waals surface area contributed by atoms with E-state index in [0.29, 0.717) is 16.5 Å². The van der Waals surface area contributed by atoms with Crippen LogP contribution in [0.1, 0.15) is 0 Å². The summed E-state index contributed by atoms with van der Waals surface area (Å²) >= 11 is 7.57. The van der Waals surface area contributed by atoms with Crippen LogP contribution in [0.25, 0.3) is 10.9 Å². The number of halogens is 1. The third-order valence-corrected chi connectivity index (χ3v) is 4.93. The molecule has 25 heavy (non-hydrogen) atoms. The lowest BCUT2D eigenvalue weighted by Gasteiger charge is -2.08. The van der Waals surface area contributed by atoms with Crippen LogP contribution >= 0.6 is 23.4 Å². The summed E-state index contributed by atoms with van der Waals surface area (Å²) in [6.07, 6.45) is 0. The molecule has 3 aromatic rings. The molecule has 0 bridgehead atoms. The Balaban J connectivity index is 1.64. The average molecular weight is 370 g/mol. The maximum Gasteiger partial charge on any atom is 0.251 e. The summed E-state index contributed by atoms with van der Waals surface area (Å²) in [5, 5.41) is 1.63. The largest absolute Gasteiger partial charge is 0.479 e. The van der Waals surface area contributed by atoms with E-state index < -0.39 is 0 Å². The molecule has 0 saturated carbocycles. The van der Waals surface area contributed by atoms with Gasteiger partial charge >= 0.3 is 0 Å². The van der Waals surface area contributed by atoms with Crippen LogP contribution in [0.2, 0.25) is 5.02 Å². The van der Waals surface area contributed by atoms with Gasteiger partial charge in [0.15, 0.2) is 0 Å². The highest BCUT2D eigenvalue weighted by atomic mass is 35.5. The first kappa shape index (κ1) is 17.5. The number of aryl methyl sites for hydroxylation is 1. The van der Waals surface area contributed by atoms with Crippen LogP contribution in [0.15, 0.2) is 64.3 Å². The van der Waals surface area contributed by atoms with E-state index in [1.165, 1.54) is 0 Å².